The van der Waals surface area contributed by atoms with Crippen molar-refractivity contribution in [1.29, 1.82) is 0 Å². The topological polar surface area (TPSA) is 57.5 Å². The van der Waals surface area contributed by atoms with Gasteiger partial charge in [0.25, 0.3) is 0 Å². The van der Waals surface area contributed by atoms with E-state index in [2.05, 4.69) is 0 Å². The summed E-state index contributed by atoms with van der Waals surface area (Å²) in [5, 5.41) is 22.1. The van der Waals surface area contributed by atoms with E-state index in [0.717, 1.165) is 16.3 Å². The molecule has 25 heavy (non-hydrogen) atoms. The number of fused-ring (bicyclic) bond motifs is 1. The molecular weight excluding hydrogens is 336 g/mol. The summed E-state index contributed by atoms with van der Waals surface area (Å²) >= 11 is 5.89. The second-order valence-corrected chi connectivity index (χ2v) is 6.26. The molecule has 0 heterocycles. The Balaban J connectivity index is 1.95. The Morgan fingerprint density at radius 2 is 1.56 bits per heavy atom. The van der Waals surface area contributed by atoms with E-state index in [1.165, 1.54) is 0 Å². The van der Waals surface area contributed by atoms with E-state index in [1.54, 1.807) is 12.1 Å². The largest absolute Gasteiger partial charge is 0.502 e. The predicted molar refractivity (Wildman–Crippen MR) is 101 cm³/mol. The number of aliphatic carboxylic acids is 1. The van der Waals surface area contributed by atoms with E-state index in [9.17, 15) is 15.0 Å². The van der Waals surface area contributed by atoms with Gasteiger partial charge in [-0.1, -0.05) is 60.1 Å². The van der Waals surface area contributed by atoms with Gasteiger partial charge in [0.15, 0.2) is 0 Å². The Hall–Kier alpha value is -2.78. The maximum absolute atomic E-state index is 11.3. The molecule has 0 spiro atoms. The SMILES string of the molecule is O=C(O)/C(O)=C(\CCc1ccc(Cl)cc1)c1ccc2ccccc2c1. The third-order valence-electron chi connectivity index (χ3n) is 4.16. The first-order valence-corrected chi connectivity index (χ1v) is 8.31. The van der Waals surface area contributed by atoms with Gasteiger partial charge in [-0.2, -0.15) is 0 Å². The van der Waals surface area contributed by atoms with Crippen molar-refractivity contribution >= 4 is 33.9 Å². The second-order valence-electron chi connectivity index (χ2n) is 5.82. The number of aliphatic hydroxyl groups is 1. The molecule has 0 bridgehead atoms. The van der Waals surface area contributed by atoms with Crippen molar-refractivity contribution in [2.45, 2.75) is 12.8 Å². The summed E-state index contributed by atoms with van der Waals surface area (Å²) in [6.07, 6.45) is 1.02. The van der Waals surface area contributed by atoms with E-state index >= 15 is 0 Å². The van der Waals surface area contributed by atoms with Gasteiger partial charge in [0, 0.05) is 10.6 Å². The maximum Gasteiger partial charge on any atom is 0.371 e. The number of aliphatic hydroxyl groups excluding tert-OH is 1. The van der Waals surface area contributed by atoms with Crippen LogP contribution in [0, 0.1) is 0 Å². The molecule has 0 saturated carbocycles. The Labute approximate surface area is 150 Å². The quantitative estimate of drug-likeness (QED) is 0.472. The van der Waals surface area contributed by atoms with Crippen LogP contribution in [0.5, 0.6) is 0 Å². The summed E-state index contributed by atoms with van der Waals surface area (Å²) in [6.45, 7) is 0. The minimum absolute atomic E-state index is 0.415. The second kappa shape index (κ2) is 7.41. The minimum atomic E-state index is -1.32. The number of hydrogen-bond acceptors (Lipinski definition) is 2. The Bertz CT molecular complexity index is 943. The highest BCUT2D eigenvalue weighted by Crippen LogP contribution is 2.27. The molecule has 0 radical (unpaired) electrons. The summed E-state index contributed by atoms with van der Waals surface area (Å²) in [6, 6.07) is 20.9. The molecule has 0 saturated heterocycles. The molecular formula is C21H17ClO3. The van der Waals surface area contributed by atoms with Crippen LogP contribution in [-0.4, -0.2) is 16.2 Å². The molecule has 0 unspecified atom stereocenters. The van der Waals surface area contributed by atoms with Crippen LogP contribution in [-0.2, 0) is 11.2 Å². The van der Waals surface area contributed by atoms with Crippen molar-refractivity contribution in [3.05, 3.63) is 88.6 Å². The standard InChI is InChI=1S/C21H17ClO3/c22-18-10-5-14(6-11-18)7-12-19(20(23)21(24)25)17-9-8-15-3-1-2-4-16(15)13-17/h1-6,8-11,13,23H,7,12H2,(H,24,25)/b20-19-. The molecule has 0 aliphatic carbocycles. The highest BCUT2D eigenvalue weighted by atomic mass is 35.5. The average molecular weight is 353 g/mol. The lowest BCUT2D eigenvalue weighted by atomic mass is 9.95. The number of rotatable bonds is 5. The normalized spacial score (nSPS) is 12.0. The van der Waals surface area contributed by atoms with Crippen LogP contribution in [0.15, 0.2) is 72.5 Å². The van der Waals surface area contributed by atoms with Crippen LogP contribution in [0.3, 0.4) is 0 Å². The number of allylic oxidation sites excluding steroid dienone is 1. The molecule has 2 N–H and O–H groups in total. The van der Waals surface area contributed by atoms with Crippen molar-refractivity contribution in [2.24, 2.45) is 0 Å². The molecule has 0 atom stereocenters. The van der Waals surface area contributed by atoms with Crippen molar-refractivity contribution < 1.29 is 15.0 Å². The molecule has 0 aliphatic rings. The first-order valence-electron chi connectivity index (χ1n) is 7.93. The number of hydrogen-bond donors (Lipinski definition) is 2. The third-order valence-corrected chi connectivity index (χ3v) is 4.42. The lowest BCUT2D eigenvalue weighted by Crippen LogP contribution is -2.04. The van der Waals surface area contributed by atoms with Gasteiger partial charge in [-0.25, -0.2) is 4.79 Å². The van der Waals surface area contributed by atoms with Gasteiger partial charge >= 0.3 is 5.97 Å². The van der Waals surface area contributed by atoms with Gasteiger partial charge in [-0.15, -0.1) is 0 Å². The molecule has 0 aliphatic heterocycles. The molecule has 3 aromatic rings. The zero-order chi connectivity index (χ0) is 17.8. The van der Waals surface area contributed by atoms with Crippen LogP contribution in [0.1, 0.15) is 17.5 Å². The Morgan fingerprint density at radius 1 is 0.880 bits per heavy atom. The number of benzene rings is 3. The molecule has 0 aromatic heterocycles. The smallest absolute Gasteiger partial charge is 0.371 e. The van der Waals surface area contributed by atoms with E-state index < -0.39 is 11.7 Å². The van der Waals surface area contributed by atoms with Crippen LogP contribution in [0.4, 0.5) is 0 Å². The maximum atomic E-state index is 11.3. The van der Waals surface area contributed by atoms with Gasteiger partial charge in [-0.3, -0.25) is 0 Å². The predicted octanol–water partition coefficient (Wildman–Crippen LogP) is 5.48. The molecule has 4 heteroatoms. The molecule has 3 rings (SSSR count). The van der Waals surface area contributed by atoms with Gasteiger partial charge < -0.3 is 10.2 Å². The van der Waals surface area contributed by atoms with Crippen LogP contribution in [0.25, 0.3) is 16.3 Å². The lowest BCUT2D eigenvalue weighted by molar-refractivity contribution is -0.135. The van der Waals surface area contributed by atoms with Crippen molar-refractivity contribution in [2.75, 3.05) is 0 Å². The lowest BCUT2D eigenvalue weighted by Gasteiger charge is -2.11. The van der Waals surface area contributed by atoms with Crippen LogP contribution < -0.4 is 0 Å². The fraction of sp³-hybridized carbons (Fsp3) is 0.0952. The summed E-state index contributed by atoms with van der Waals surface area (Å²) in [7, 11) is 0. The van der Waals surface area contributed by atoms with E-state index in [1.807, 2.05) is 54.6 Å². The van der Waals surface area contributed by atoms with Crippen molar-refractivity contribution in [3.63, 3.8) is 0 Å². The summed E-state index contributed by atoms with van der Waals surface area (Å²) < 4.78 is 0. The molecule has 3 nitrogen and oxygen atoms in total. The number of halogens is 1. The zero-order valence-electron chi connectivity index (χ0n) is 13.4. The molecule has 3 aromatic carbocycles. The first-order chi connectivity index (χ1) is 12.0. The Kier molecular flexibility index (Phi) is 5.05. The number of carboxylic acid groups (broad SMARTS) is 1. The molecule has 0 fully saturated rings. The van der Waals surface area contributed by atoms with Gasteiger partial charge in [0.2, 0.25) is 5.76 Å². The number of carboxylic acids is 1. The number of aryl methyl sites for hydroxylation is 1. The van der Waals surface area contributed by atoms with Gasteiger partial charge in [-0.05, 0) is 52.9 Å². The highest BCUT2D eigenvalue weighted by molar-refractivity contribution is 6.30. The fourth-order valence-electron chi connectivity index (χ4n) is 2.83. The van der Waals surface area contributed by atoms with Crippen LogP contribution >= 0.6 is 11.6 Å². The molecule has 126 valence electrons. The highest BCUT2D eigenvalue weighted by Gasteiger charge is 2.15. The molecule has 0 amide bonds. The van der Waals surface area contributed by atoms with Crippen molar-refractivity contribution in [3.8, 4) is 0 Å². The number of carbonyl (C=O) groups is 1. The summed E-state index contributed by atoms with van der Waals surface area (Å²) in [4.78, 5) is 11.3. The van der Waals surface area contributed by atoms with Crippen LogP contribution in [0.2, 0.25) is 5.02 Å². The van der Waals surface area contributed by atoms with Crippen molar-refractivity contribution in [1.82, 2.24) is 0 Å². The minimum Gasteiger partial charge on any atom is -0.502 e. The zero-order valence-corrected chi connectivity index (χ0v) is 14.2. The first kappa shape index (κ1) is 17.1. The Morgan fingerprint density at radius 3 is 2.24 bits per heavy atom. The summed E-state index contributed by atoms with van der Waals surface area (Å²) in [5.74, 6) is -1.93. The monoisotopic (exact) mass is 352 g/mol. The van der Waals surface area contributed by atoms with E-state index in [-0.39, 0.29) is 0 Å². The third kappa shape index (κ3) is 4.01. The van der Waals surface area contributed by atoms with E-state index in [4.69, 9.17) is 11.6 Å². The average Bonchev–Trinajstić information content (AvgIpc) is 2.63. The van der Waals surface area contributed by atoms with Gasteiger partial charge in [0.05, 0.1) is 0 Å². The van der Waals surface area contributed by atoms with E-state index in [0.29, 0.717) is 29.0 Å². The van der Waals surface area contributed by atoms with Gasteiger partial charge in [0.1, 0.15) is 0 Å². The summed E-state index contributed by atoms with van der Waals surface area (Å²) in [5.41, 5.74) is 2.17. The fourth-order valence-corrected chi connectivity index (χ4v) is 2.95.